The van der Waals surface area contributed by atoms with Gasteiger partial charge in [0.2, 0.25) is 0 Å². The van der Waals surface area contributed by atoms with Gasteiger partial charge in [-0.2, -0.15) is 13.2 Å². The van der Waals surface area contributed by atoms with E-state index in [1.807, 2.05) is 91.0 Å². The Balaban J connectivity index is 0.000000279. The van der Waals surface area contributed by atoms with E-state index in [1.165, 1.54) is 0 Å². The first-order valence-corrected chi connectivity index (χ1v) is 20.7. The van der Waals surface area contributed by atoms with E-state index in [4.69, 9.17) is 51.5 Å². The fourth-order valence-electron chi connectivity index (χ4n) is 6.05. The van der Waals surface area contributed by atoms with Crippen LogP contribution in [0.25, 0.3) is 45.2 Å². The Morgan fingerprint density at radius 3 is 1.03 bits per heavy atom. The van der Waals surface area contributed by atoms with Crippen molar-refractivity contribution in [3.8, 4) is 45.2 Å². The van der Waals surface area contributed by atoms with Crippen LogP contribution in [0.4, 0.5) is 13.2 Å². The van der Waals surface area contributed by atoms with Gasteiger partial charge in [0.05, 0.1) is 33.8 Å². The van der Waals surface area contributed by atoms with Gasteiger partial charge in [0.1, 0.15) is 0 Å². The average molecular weight is 932 g/mol. The van der Waals surface area contributed by atoms with Gasteiger partial charge in [-0.25, -0.2) is 23.7 Å². The summed E-state index contributed by atoms with van der Waals surface area (Å²) < 4.78 is 65.2. The maximum atomic E-state index is 10.7. The molecule has 3 aromatic carbocycles. The van der Waals surface area contributed by atoms with Crippen LogP contribution in [0.15, 0.2) is 158 Å². The number of alkyl halides is 5. The number of pyridine rings is 2. The summed E-state index contributed by atoms with van der Waals surface area (Å²) >= 11 is 9.53. The molecule has 11 nitrogen and oxygen atoms in total. The zero-order valence-electron chi connectivity index (χ0n) is 32.8. The van der Waals surface area contributed by atoms with Crippen molar-refractivity contribution >= 4 is 40.4 Å². The molecule has 0 amide bonds. The van der Waals surface area contributed by atoms with Crippen molar-refractivity contribution in [3.05, 3.63) is 175 Å². The van der Waals surface area contributed by atoms with Gasteiger partial charge in [0, 0.05) is 29.1 Å². The third-order valence-corrected chi connectivity index (χ3v) is 9.40. The number of aromatic nitrogens is 8. The van der Waals surface area contributed by atoms with Gasteiger partial charge < -0.3 is 18.3 Å². The van der Waals surface area contributed by atoms with Gasteiger partial charge in [-0.1, -0.05) is 103 Å². The van der Waals surface area contributed by atoms with E-state index in [0.717, 1.165) is 62.2 Å². The molecule has 0 aliphatic rings. The normalized spacial score (nSPS) is 10.9. The number of benzene rings is 3. The van der Waals surface area contributed by atoms with Crippen LogP contribution >= 0.6 is 23.2 Å². The average Bonchev–Trinajstić information content (AvgIpc) is 3.96. The molecule has 5 aromatic heterocycles. The molecular formula is C42H38BCl2F3N8NiO3S. The summed E-state index contributed by atoms with van der Waals surface area (Å²) in [4.78, 5) is 8.37. The van der Waals surface area contributed by atoms with E-state index in [2.05, 4.69) is 99.1 Å². The molecule has 19 heteroatoms. The SMILES string of the molecule is Cc1cc(-c2ccccc2)nn1[BH-](n1nc(-c2ccccc2)cc1C)n1nc(-c2ccccc2)cc1C.ClCCl.O=S(=O)([O-])C(F)(F)F.[Ni+2].c1ccc(-c2ccccn2)nc1. The van der Waals surface area contributed by atoms with Gasteiger partial charge in [-0.15, -0.1) is 23.2 Å². The van der Waals surface area contributed by atoms with Gasteiger partial charge in [-0.05, 0) is 80.3 Å². The first kappa shape index (κ1) is 48.1. The summed E-state index contributed by atoms with van der Waals surface area (Å²) in [5.41, 5.74) is 5.46. The molecule has 0 atom stereocenters. The minimum atomic E-state index is -6.09. The van der Waals surface area contributed by atoms with Gasteiger partial charge in [0.15, 0.2) is 10.1 Å². The molecule has 0 saturated heterocycles. The van der Waals surface area contributed by atoms with E-state index in [-0.39, 0.29) is 21.8 Å². The van der Waals surface area contributed by atoms with Crippen LogP contribution in [-0.4, -0.2) is 70.0 Å². The van der Waals surface area contributed by atoms with Crippen LogP contribution in [-0.2, 0) is 26.6 Å². The number of hydrogen-bond acceptors (Lipinski definition) is 8. The molecule has 8 aromatic rings. The molecule has 0 unspecified atom stereocenters. The van der Waals surface area contributed by atoms with Crippen LogP contribution in [0.1, 0.15) is 17.1 Å². The van der Waals surface area contributed by atoms with Crippen molar-refractivity contribution in [2.45, 2.75) is 26.3 Å². The molecule has 0 fully saturated rings. The third kappa shape index (κ3) is 13.0. The van der Waals surface area contributed by atoms with Crippen molar-refractivity contribution in [2.75, 3.05) is 5.34 Å². The predicted octanol–water partition coefficient (Wildman–Crippen LogP) is 9.48. The second kappa shape index (κ2) is 22.3. The summed E-state index contributed by atoms with van der Waals surface area (Å²) in [7, 11) is -7.65. The molecular weight excluding hydrogens is 894 g/mol. The van der Waals surface area contributed by atoms with Crippen molar-refractivity contribution < 1.29 is 42.6 Å². The van der Waals surface area contributed by atoms with Crippen LogP contribution < -0.4 is 0 Å². The molecule has 5 heterocycles. The number of nitrogens with zero attached hydrogens (tertiary/aromatic N) is 8. The first-order chi connectivity index (χ1) is 28.7. The zero-order valence-corrected chi connectivity index (χ0v) is 36.2. The Bertz CT molecular complexity index is 2430. The Morgan fingerprint density at radius 1 is 0.541 bits per heavy atom. The van der Waals surface area contributed by atoms with Crippen LogP contribution in [0.5, 0.6) is 0 Å². The minimum absolute atomic E-state index is 0. The number of halogens is 5. The Hall–Kier alpha value is -5.57. The standard InChI is InChI=1S/C30H28BN6.C10H8N2.CH2Cl2.CHF3O3S.Ni/c1-22-19-28(25-13-7-4-8-14-25)32-35(22)31(36-23(2)20-29(33-36)26-15-9-5-10-16-26)37-24(3)21-30(34-37)27-17-11-6-12-18-27;1-3-7-11-9(5-1)10-6-2-4-8-12-10;2-1-3;2-1(3,4)8(5,6)7;/h4-21,31H,1-3H3;1-8H;1H2;(H,5,6,7);/q-1;;;;+2/p-1. The smallest absolute Gasteiger partial charge is 0.741 e. The minimum Gasteiger partial charge on any atom is -0.741 e. The van der Waals surface area contributed by atoms with E-state index < -0.39 is 22.7 Å². The summed E-state index contributed by atoms with van der Waals surface area (Å²) in [6, 6.07) is 48.9. The molecule has 0 aliphatic heterocycles. The van der Waals surface area contributed by atoms with Crippen molar-refractivity contribution in [2.24, 2.45) is 0 Å². The predicted molar refractivity (Wildman–Crippen MR) is 230 cm³/mol. The summed E-state index contributed by atoms with van der Waals surface area (Å²) in [6.07, 6.45) is 3.54. The molecule has 0 bridgehead atoms. The number of aryl methyl sites for hydroxylation is 3. The van der Waals surface area contributed by atoms with Gasteiger partial charge >= 0.3 is 29.1 Å². The largest absolute Gasteiger partial charge is 2.00 e. The molecule has 0 saturated carbocycles. The molecule has 8 rings (SSSR count). The molecule has 61 heavy (non-hydrogen) atoms. The topological polar surface area (TPSA) is 136 Å². The van der Waals surface area contributed by atoms with E-state index >= 15 is 0 Å². The second-order valence-electron chi connectivity index (χ2n) is 13.0. The van der Waals surface area contributed by atoms with E-state index in [9.17, 15) is 13.2 Å². The van der Waals surface area contributed by atoms with E-state index in [0.29, 0.717) is 0 Å². The fourth-order valence-corrected chi connectivity index (χ4v) is 6.05. The molecule has 0 spiro atoms. The molecule has 318 valence electrons. The van der Waals surface area contributed by atoms with Crippen LogP contribution in [0.2, 0.25) is 0 Å². The zero-order chi connectivity index (χ0) is 43.3. The van der Waals surface area contributed by atoms with Crippen molar-refractivity contribution in [1.82, 2.24) is 39.0 Å². The second-order valence-corrected chi connectivity index (χ2v) is 15.1. The number of hydrogen-bond donors (Lipinski definition) is 0. The summed E-state index contributed by atoms with van der Waals surface area (Å²) in [5, 5.41) is 15.5. The van der Waals surface area contributed by atoms with Gasteiger partial charge in [0.25, 0.3) is 0 Å². The van der Waals surface area contributed by atoms with Crippen molar-refractivity contribution in [3.63, 3.8) is 0 Å². The number of rotatable bonds is 7. The monoisotopic (exact) mass is 930 g/mol. The van der Waals surface area contributed by atoms with Crippen molar-refractivity contribution in [1.29, 1.82) is 0 Å². The van der Waals surface area contributed by atoms with E-state index in [1.54, 1.807) is 12.4 Å². The Kier molecular flexibility index (Phi) is 17.6. The molecule has 0 N–H and O–H groups in total. The molecule has 0 radical (unpaired) electrons. The Labute approximate surface area is 372 Å². The quantitative estimate of drug-likeness (QED) is 0.0668. The maximum Gasteiger partial charge on any atom is 2.00 e. The molecule has 0 aliphatic carbocycles. The van der Waals surface area contributed by atoms with Crippen LogP contribution in [0, 0.1) is 20.8 Å². The first-order valence-electron chi connectivity index (χ1n) is 18.2. The fraction of sp³-hybridized carbons (Fsp3) is 0.119. The third-order valence-electron chi connectivity index (χ3n) is 8.83. The Morgan fingerprint density at radius 2 is 0.803 bits per heavy atom. The summed E-state index contributed by atoms with van der Waals surface area (Å²) in [6.45, 7) is 6.31. The summed E-state index contributed by atoms with van der Waals surface area (Å²) in [5.74, 6) is 0. The van der Waals surface area contributed by atoms with Crippen LogP contribution in [0.3, 0.4) is 0 Å². The van der Waals surface area contributed by atoms with Gasteiger partial charge in [-0.3, -0.25) is 9.97 Å². The maximum absolute atomic E-state index is 10.7.